The number of aromatic nitrogens is 3. The maximum atomic E-state index is 12.5. The first kappa shape index (κ1) is 19.8. The molecule has 3 rings (SSSR count). The summed E-state index contributed by atoms with van der Waals surface area (Å²) < 4.78 is 37.5. The number of nitrogens with zero attached hydrogens (tertiary/aromatic N) is 4. The number of hydrogen-bond acceptors (Lipinski definition) is 6. The lowest BCUT2D eigenvalue weighted by Gasteiger charge is -2.17. The molecule has 2 N–H and O–H groups in total. The molecule has 1 saturated heterocycles. The van der Waals surface area contributed by atoms with Gasteiger partial charge < -0.3 is 15.5 Å². The highest BCUT2D eigenvalue weighted by molar-refractivity contribution is 5.93. The smallest absolute Gasteiger partial charge is 0.368 e. The molecule has 150 valence electrons. The summed E-state index contributed by atoms with van der Waals surface area (Å²) in [5.41, 5.74) is -0.958. The monoisotopic (exact) mass is 394 g/mol. The number of hydrogen-bond donors (Lipinski definition) is 2. The topological polar surface area (TPSA) is 83.0 Å². The zero-order valence-electron chi connectivity index (χ0n) is 15.4. The minimum atomic E-state index is -4.53. The quantitative estimate of drug-likeness (QED) is 0.733. The van der Waals surface area contributed by atoms with Crippen molar-refractivity contribution in [3.63, 3.8) is 0 Å². The van der Waals surface area contributed by atoms with E-state index >= 15 is 0 Å². The molecule has 0 atom stereocenters. The van der Waals surface area contributed by atoms with Crippen LogP contribution in [0.25, 0.3) is 0 Å². The van der Waals surface area contributed by atoms with Crippen LogP contribution in [0, 0.1) is 6.92 Å². The maximum absolute atomic E-state index is 12.5. The average Bonchev–Trinajstić information content (AvgIpc) is 3.19. The first-order valence-electron chi connectivity index (χ1n) is 8.99. The van der Waals surface area contributed by atoms with Gasteiger partial charge >= 0.3 is 6.18 Å². The average molecular weight is 394 g/mol. The Morgan fingerprint density at radius 3 is 2.57 bits per heavy atom. The molecule has 1 aliphatic rings. The zero-order valence-corrected chi connectivity index (χ0v) is 15.4. The van der Waals surface area contributed by atoms with Gasteiger partial charge in [0.2, 0.25) is 0 Å². The Kier molecular flexibility index (Phi) is 5.96. The van der Waals surface area contributed by atoms with Crippen LogP contribution in [0.4, 0.5) is 24.8 Å². The molecule has 0 saturated carbocycles. The third-order valence-electron chi connectivity index (χ3n) is 4.29. The van der Waals surface area contributed by atoms with Crippen LogP contribution in [0.5, 0.6) is 0 Å². The fraction of sp³-hybridized carbons (Fsp3) is 0.444. The van der Waals surface area contributed by atoms with Crippen molar-refractivity contribution in [2.45, 2.75) is 25.9 Å². The molecular formula is C18H21F3N6O. The van der Waals surface area contributed by atoms with Gasteiger partial charge in [-0.15, -0.1) is 0 Å². The summed E-state index contributed by atoms with van der Waals surface area (Å²) in [5.74, 6) is 1.72. The largest absolute Gasteiger partial charge is 0.433 e. The fourth-order valence-electron chi connectivity index (χ4n) is 2.92. The van der Waals surface area contributed by atoms with E-state index in [0.717, 1.165) is 50.1 Å². The molecular weight excluding hydrogens is 373 g/mol. The van der Waals surface area contributed by atoms with Crippen molar-refractivity contribution in [2.75, 3.05) is 36.4 Å². The second-order valence-electron chi connectivity index (χ2n) is 6.47. The van der Waals surface area contributed by atoms with Gasteiger partial charge in [-0.1, -0.05) is 0 Å². The second kappa shape index (κ2) is 8.41. The summed E-state index contributed by atoms with van der Waals surface area (Å²) in [7, 11) is 0. The first-order valence-corrected chi connectivity index (χ1v) is 8.99. The second-order valence-corrected chi connectivity index (χ2v) is 6.47. The molecule has 2 aromatic rings. The van der Waals surface area contributed by atoms with Crippen molar-refractivity contribution in [1.29, 1.82) is 0 Å². The van der Waals surface area contributed by atoms with Gasteiger partial charge in [-0.05, 0) is 31.9 Å². The molecule has 28 heavy (non-hydrogen) atoms. The summed E-state index contributed by atoms with van der Waals surface area (Å²) in [6.45, 7) is 4.47. The van der Waals surface area contributed by atoms with E-state index in [4.69, 9.17) is 0 Å². The molecule has 2 aromatic heterocycles. The van der Waals surface area contributed by atoms with Gasteiger partial charge in [0.1, 0.15) is 23.2 Å². The number of nitrogens with one attached hydrogen (secondary N) is 2. The van der Waals surface area contributed by atoms with Gasteiger partial charge in [0.15, 0.2) is 0 Å². The Morgan fingerprint density at radius 2 is 1.93 bits per heavy atom. The number of carbonyl (C=O) groups is 1. The number of aryl methyl sites for hydroxylation is 1. The lowest BCUT2D eigenvalue weighted by molar-refractivity contribution is -0.141. The Hall–Kier alpha value is -2.91. The molecule has 1 aliphatic heterocycles. The highest BCUT2D eigenvalue weighted by Crippen LogP contribution is 2.27. The standard InChI is InChI=1S/C18H21F3N6O/c1-12-25-15(10-16(26-12)27-8-2-3-9-27)22-6-7-23-17(28)13-4-5-14(24-11-13)18(19,20)21/h4-5,10-11H,2-3,6-9H2,1H3,(H,23,28)(H,22,25,26). The number of rotatable bonds is 6. The lowest BCUT2D eigenvalue weighted by Crippen LogP contribution is -2.29. The minimum Gasteiger partial charge on any atom is -0.368 e. The van der Waals surface area contributed by atoms with Crippen LogP contribution in [0.2, 0.25) is 0 Å². The van der Waals surface area contributed by atoms with E-state index in [1.165, 1.54) is 0 Å². The summed E-state index contributed by atoms with van der Waals surface area (Å²) in [4.78, 5) is 26.3. The molecule has 0 aromatic carbocycles. The highest BCUT2D eigenvalue weighted by atomic mass is 19.4. The van der Waals surface area contributed by atoms with E-state index in [0.29, 0.717) is 18.2 Å². The Labute approximate surface area is 160 Å². The van der Waals surface area contributed by atoms with Crippen molar-refractivity contribution in [3.8, 4) is 0 Å². The Bertz CT molecular complexity index is 819. The molecule has 7 nitrogen and oxygen atoms in total. The number of halogens is 3. The van der Waals surface area contributed by atoms with Crippen molar-refractivity contribution in [1.82, 2.24) is 20.3 Å². The SMILES string of the molecule is Cc1nc(NCCNC(=O)c2ccc(C(F)(F)F)nc2)cc(N2CCCC2)n1. The molecule has 0 radical (unpaired) electrons. The maximum Gasteiger partial charge on any atom is 0.433 e. The highest BCUT2D eigenvalue weighted by Gasteiger charge is 2.32. The van der Waals surface area contributed by atoms with Crippen LogP contribution >= 0.6 is 0 Å². The molecule has 10 heteroatoms. The van der Waals surface area contributed by atoms with Crippen molar-refractivity contribution in [3.05, 3.63) is 41.5 Å². The van der Waals surface area contributed by atoms with Gasteiger partial charge in [-0.3, -0.25) is 9.78 Å². The molecule has 0 bridgehead atoms. The van der Waals surface area contributed by atoms with E-state index in [2.05, 4.69) is 30.5 Å². The summed E-state index contributed by atoms with van der Waals surface area (Å²) in [5, 5.41) is 5.76. The van der Waals surface area contributed by atoms with Crippen LogP contribution in [0.3, 0.4) is 0 Å². The predicted molar refractivity (Wildman–Crippen MR) is 98.3 cm³/mol. The van der Waals surface area contributed by atoms with E-state index in [9.17, 15) is 18.0 Å². The first-order chi connectivity index (χ1) is 13.3. The Morgan fingerprint density at radius 1 is 1.18 bits per heavy atom. The Balaban J connectivity index is 1.49. The minimum absolute atomic E-state index is 0.0715. The van der Waals surface area contributed by atoms with Gasteiger partial charge in [0, 0.05) is 38.4 Å². The van der Waals surface area contributed by atoms with Gasteiger partial charge in [0.05, 0.1) is 5.56 Å². The van der Waals surface area contributed by atoms with Gasteiger partial charge in [-0.2, -0.15) is 13.2 Å². The number of alkyl halides is 3. The van der Waals surface area contributed by atoms with Gasteiger partial charge in [-0.25, -0.2) is 9.97 Å². The summed E-state index contributed by atoms with van der Waals surface area (Å²) in [6, 6.07) is 3.77. The van der Waals surface area contributed by atoms with Crippen LogP contribution in [-0.2, 0) is 6.18 Å². The van der Waals surface area contributed by atoms with Crippen LogP contribution in [0.15, 0.2) is 24.4 Å². The fourth-order valence-corrected chi connectivity index (χ4v) is 2.92. The van der Waals surface area contributed by atoms with Crippen molar-refractivity contribution < 1.29 is 18.0 Å². The van der Waals surface area contributed by atoms with Crippen molar-refractivity contribution in [2.24, 2.45) is 0 Å². The molecule has 3 heterocycles. The molecule has 0 aliphatic carbocycles. The summed E-state index contributed by atoms with van der Waals surface area (Å²) in [6.07, 6.45) is -1.31. The molecule has 1 amide bonds. The third-order valence-corrected chi connectivity index (χ3v) is 4.29. The molecule has 0 spiro atoms. The van der Waals surface area contributed by atoms with Crippen LogP contribution in [-0.4, -0.2) is 47.0 Å². The van der Waals surface area contributed by atoms with E-state index in [-0.39, 0.29) is 12.1 Å². The summed E-state index contributed by atoms with van der Waals surface area (Å²) >= 11 is 0. The van der Waals surface area contributed by atoms with Crippen LogP contribution in [0.1, 0.15) is 34.7 Å². The number of anilines is 2. The molecule has 1 fully saturated rings. The number of carbonyl (C=O) groups excluding carboxylic acids is 1. The van der Waals surface area contributed by atoms with E-state index < -0.39 is 17.8 Å². The van der Waals surface area contributed by atoms with Crippen LogP contribution < -0.4 is 15.5 Å². The van der Waals surface area contributed by atoms with Gasteiger partial charge in [0.25, 0.3) is 5.91 Å². The normalized spacial score (nSPS) is 14.2. The van der Waals surface area contributed by atoms with Crippen molar-refractivity contribution >= 4 is 17.5 Å². The van der Waals surface area contributed by atoms with E-state index in [1.807, 2.05) is 13.0 Å². The third kappa shape index (κ3) is 5.08. The zero-order chi connectivity index (χ0) is 20.1. The lowest BCUT2D eigenvalue weighted by atomic mass is 10.2. The predicted octanol–water partition coefficient (Wildman–Crippen LogP) is 2.64. The number of amides is 1. The van der Waals surface area contributed by atoms with E-state index in [1.54, 1.807) is 0 Å². The molecule has 0 unspecified atom stereocenters. The number of pyridine rings is 1.